The quantitative estimate of drug-likeness (QED) is 0.796. The molecule has 0 bridgehead atoms. The van der Waals surface area contributed by atoms with Crippen LogP contribution in [0.3, 0.4) is 0 Å². The first-order chi connectivity index (χ1) is 9.29. The number of H-pyrrole nitrogens is 2. The van der Waals surface area contributed by atoms with Crippen LogP contribution in [0, 0.1) is 0 Å². The van der Waals surface area contributed by atoms with Crippen LogP contribution in [0.15, 0.2) is 60.3 Å². The van der Waals surface area contributed by atoms with Crippen molar-refractivity contribution in [3.05, 3.63) is 60.8 Å². The zero-order valence-electron chi connectivity index (χ0n) is 10.4. The predicted molar refractivity (Wildman–Crippen MR) is 72.8 cm³/mol. The van der Waals surface area contributed by atoms with Gasteiger partial charge in [-0.05, 0) is 23.8 Å². The number of rotatable bonds is 5. The highest BCUT2D eigenvalue weighted by Crippen LogP contribution is 2.13. The van der Waals surface area contributed by atoms with Crippen molar-refractivity contribution in [2.45, 2.75) is 6.42 Å². The van der Waals surface area contributed by atoms with Gasteiger partial charge >= 0.3 is 0 Å². The minimum atomic E-state index is -0.218. The Morgan fingerprint density at radius 2 is 2.37 bits per heavy atom. The number of hydrogen-bond donors (Lipinski definition) is 2. The first kappa shape index (κ1) is 13.0. The fourth-order valence-electron chi connectivity index (χ4n) is 1.63. The molecule has 19 heavy (non-hydrogen) atoms. The average Bonchev–Trinajstić information content (AvgIpc) is 2.93. The number of hydrogen-bond acceptors (Lipinski definition) is 2. The SMILES string of the molecule is C=C/C=C(/F)CC/N=c1/cc(-c2cn[nH]c2)cc[nH]1. The molecule has 0 aliphatic heterocycles. The summed E-state index contributed by atoms with van der Waals surface area (Å²) in [5, 5.41) is 6.66. The highest BCUT2D eigenvalue weighted by molar-refractivity contribution is 5.60. The van der Waals surface area contributed by atoms with E-state index in [4.69, 9.17) is 0 Å². The molecule has 0 aromatic carbocycles. The van der Waals surface area contributed by atoms with Crippen LogP contribution < -0.4 is 5.49 Å². The molecule has 2 rings (SSSR count). The van der Waals surface area contributed by atoms with Crippen LogP contribution in [0.1, 0.15) is 6.42 Å². The molecule has 0 unspecified atom stereocenters. The van der Waals surface area contributed by atoms with Gasteiger partial charge in [0.05, 0.1) is 6.20 Å². The molecule has 0 saturated carbocycles. The molecule has 0 saturated heterocycles. The van der Waals surface area contributed by atoms with Crippen molar-refractivity contribution < 1.29 is 4.39 Å². The Morgan fingerprint density at radius 3 is 3.11 bits per heavy atom. The number of aromatic nitrogens is 3. The summed E-state index contributed by atoms with van der Waals surface area (Å²) < 4.78 is 13.1. The molecule has 0 amide bonds. The Bertz CT molecular complexity index is 623. The lowest BCUT2D eigenvalue weighted by Gasteiger charge is -1.97. The predicted octanol–water partition coefficient (Wildman–Crippen LogP) is 2.74. The molecule has 2 aromatic heterocycles. The van der Waals surface area contributed by atoms with Crippen LogP contribution in [0.4, 0.5) is 4.39 Å². The molecule has 2 aromatic rings. The van der Waals surface area contributed by atoms with E-state index in [0.717, 1.165) is 11.1 Å². The number of halogens is 1. The van der Waals surface area contributed by atoms with E-state index >= 15 is 0 Å². The Morgan fingerprint density at radius 1 is 1.47 bits per heavy atom. The Kier molecular flexibility index (Phi) is 4.44. The monoisotopic (exact) mass is 258 g/mol. The van der Waals surface area contributed by atoms with Gasteiger partial charge in [0.15, 0.2) is 0 Å². The Labute approximate surface area is 110 Å². The standard InChI is InChI=1S/C14H15FN4/c1-2-3-13(15)5-7-17-14-8-11(4-6-16-14)12-9-18-19-10-12/h2-4,6,8-10H,1,5,7H2,(H,16,17)(H,18,19)/b13-3+. The third-order valence-electron chi connectivity index (χ3n) is 2.55. The average molecular weight is 258 g/mol. The molecule has 2 N–H and O–H groups in total. The molecule has 0 fully saturated rings. The third-order valence-corrected chi connectivity index (χ3v) is 2.55. The molecule has 0 radical (unpaired) electrons. The van der Waals surface area contributed by atoms with Crippen molar-refractivity contribution >= 4 is 0 Å². The maximum atomic E-state index is 13.1. The van der Waals surface area contributed by atoms with E-state index in [0.29, 0.717) is 12.0 Å². The van der Waals surface area contributed by atoms with Gasteiger partial charge in [0.2, 0.25) is 0 Å². The molecule has 0 aliphatic carbocycles. The zero-order chi connectivity index (χ0) is 13.5. The topological polar surface area (TPSA) is 56.8 Å². The number of nitrogens with one attached hydrogen (secondary N) is 2. The molecule has 4 nitrogen and oxygen atoms in total. The molecule has 2 heterocycles. The van der Waals surface area contributed by atoms with Crippen molar-refractivity contribution in [1.29, 1.82) is 0 Å². The molecule has 98 valence electrons. The number of pyridine rings is 1. The minimum Gasteiger partial charge on any atom is -0.347 e. The van der Waals surface area contributed by atoms with Gasteiger partial charge in [0.25, 0.3) is 0 Å². The van der Waals surface area contributed by atoms with Gasteiger partial charge in [-0.2, -0.15) is 5.10 Å². The van der Waals surface area contributed by atoms with E-state index in [1.54, 1.807) is 12.4 Å². The smallest absolute Gasteiger partial charge is 0.125 e. The van der Waals surface area contributed by atoms with Gasteiger partial charge in [-0.1, -0.05) is 12.7 Å². The van der Waals surface area contributed by atoms with E-state index in [1.165, 1.54) is 12.2 Å². The molecule has 0 spiro atoms. The Balaban J connectivity index is 2.11. The van der Waals surface area contributed by atoms with E-state index < -0.39 is 0 Å². The van der Waals surface area contributed by atoms with Gasteiger partial charge in [0, 0.05) is 30.9 Å². The number of allylic oxidation sites excluding steroid dienone is 2. The van der Waals surface area contributed by atoms with E-state index in [1.807, 2.05) is 18.3 Å². The maximum absolute atomic E-state index is 13.1. The lowest BCUT2D eigenvalue weighted by Crippen LogP contribution is -2.07. The second-order valence-corrected chi connectivity index (χ2v) is 3.93. The van der Waals surface area contributed by atoms with Gasteiger partial charge in [0.1, 0.15) is 11.3 Å². The minimum absolute atomic E-state index is 0.218. The van der Waals surface area contributed by atoms with Gasteiger partial charge in [-0.25, -0.2) is 4.39 Å². The summed E-state index contributed by atoms with van der Waals surface area (Å²) in [6, 6.07) is 3.84. The first-order valence-corrected chi connectivity index (χ1v) is 5.95. The van der Waals surface area contributed by atoms with E-state index in [9.17, 15) is 4.39 Å². The van der Waals surface area contributed by atoms with Crippen LogP contribution >= 0.6 is 0 Å². The summed E-state index contributed by atoms with van der Waals surface area (Å²) in [6.07, 6.45) is 8.41. The number of aromatic amines is 2. The third kappa shape index (κ3) is 3.77. The summed E-state index contributed by atoms with van der Waals surface area (Å²) in [5.74, 6) is -0.218. The summed E-state index contributed by atoms with van der Waals surface area (Å²) >= 11 is 0. The second kappa shape index (κ2) is 6.49. The Hall–Kier alpha value is -2.43. The van der Waals surface area contributed by atoms with Crippen LogP contribution in [-0.2, 0) is 0 Å². The summed E-state index contributed by atoms with van der Waals surface area (Å²) in [7, 11) is 0. The summed E-state index contributed by atoms with van der Waals surface area (Å²) in [5.41, 5.74) is 2.71. The molecular formula is C14H15FN4. The van der Waals surface area contributed by atoms with E-state index in [2.05, 4.69) is 26.8 Å². The molecule has 0 atom stereocenters. The summed E-state index contributed by atoms with van der Waals surface area (Å²) in [4.78, 5) is 7.31. The van der Waals surface area contributed by atoms with Gasteiger partial charge in [-0.3, -0.25) is 10.1 Å². The van der Waals surface area contributed by atoms with Crippen LogP contribution in [-0.4, -0.2) is 21.7 Å². The molecular weight excluding hydrogens is 243 g/mol. The van der Waals surface area contributed by atoms with Crippen LogP contribution in [0.2, 0.25) is 0 Å². The number of nitrogens with zero attached hydrogens (tertiary/aromatic N) is 2. The fraction of sp³-hybridized carbons (Fsp3) is 0.143. The summed E-state index contributed by atoms with van der Waals surface area (Å²) in [6.45, 7) is 3.84. The van der Waals surface area contributed by atoms with E-state index in [-0.39, 0.29) is 12.2 Å². The van der Waals surface area contributed by atoms with Crippen molar-refractivity contribution in [3.63, 3.8) is 0 Å². The first-order valence-electron chi connectivity index (χ1n) is 5.95. The zero-order valence-corrected chi connectivity index (χ0v) is 10.4. The fourth-order valence-corrected chi connectivity index (χ4v) is 1.63. The van der Waals surface area contributed by atoms with Crippen molar-refractivity contribution in [2.24, 2.45) is 4.99 Å². The highest BCUT2D eigenvalue weighted by atomic mass is 19.1. The lowest BCUT2D eigenvalue weighted by atomic mass is 10.1. The van der Waals surface area contributed by atoms with Crippen LogP contribution in [0.5, 0.6) is 0 Å². The lowest BCUT2D eigenvalue weighted by molar-refractivity contribution is 0.591. The molecule has 0 aliphatic rings. The normalized spacial score (nSPS) is 12.7. The molecule has 5 heteroatoms. The van der Waals surface area contributed by atoms with Crippen molar-refractivity contribution in [1.82, 2.24) is 15.2 Å². The van der Waals surface area contributed by atoms with Gasteiger partial charge in [-0.15, -0.1) is 0 Å². The van der Waals surface area contributed by atoms with Gasteiger partial charge < -0.3 is 4.98 Å². The van der Waals surface area contributed by atoms with Crippen molar-refractivity contribution in [2.75, 3.05) is 6.54 Å². The van der Waals surface area contributed by atoms with Crippen LogP contribution in [0.25, 0.3) is 11.1 Å². The largest absolute Gasteiger partial charge is 0.347 e. The second-order valence-electron chi connectivity index (χ2n) is 3.93. The maximum Gasteiger partial charge on any atom is 0.125 e. The van der Waals surface area contributed by atoms with Crippen molar-refractivity contribution in [3.8, 4) is 11.1 Å². The highest BCUT2D eigenvalue weighted by Gasteiger charge is 1.97.